The van der Waals surface area contributed by atoms with Crippen LogP contribution >= 0.6 is 11.6 Å². The van der Waals surface area contributed by atoms with Gasteiger partial charge in [-0.2, -0.15) is 0 Å². The van der Waals surface area contributed by atoms with Gasteiger partial charge in [0.2, 0.25) is 0 Å². The molecule has 2 N–H and O–H groups in total. The summed E-state index contributed by atoms with van der Waals surface area (Å²) < 4.78 is 0. The fraction of sp³-hybridized carbons (Fsp3) is 0. The maximum absolute atomic E-state index is 11.2. The maximum atomic E-state index is 11.2. The van der Waals surface area contributed by atoms with E-state index in [1.807, 2.05) is 12.1 Å². The molecule has 1 aromatic heterocycles. The quantitative estimate of drug-likeness (QED) is 0.755. The molecular weight excluding hydrogens is 288 g/mol. The Kier molecular flexibility index (Phi) is 3.46. The first-order valence-electron chi connectivity index (χ1n) is 6.29. The summed E-state index contributed by atoms with van der Waals surface area (Å²) in [5, 5.41) is 13.6. The van der Waals surface area contributed by atoms with E-state index in [0.29, 0.717) is 21.7 Å². The van der Waals surface area contributed by atoms with Gasteiger partial charge in [-0.1, -0.05) is 17.7 Å². The highest BCUT2D eigenvalue weighted by Crippen LogP contribution is 2.22. The highest BCUT2D eigenvalue weighted by Gasteiger charge is 2.09. The molecule has 0 saturated heterocycles. The normalized spacial score (nSPS) is 10.5. The molecule has 3 aromatic rings. The van der Waals surface area contributed by atoms with Gasteiger partial charge in [0.25, 0.3) is 0 Å². The molecular formula is C16H11ClN2O2. The number of aromatic carboxylic acids is 1. The summed E-state index contributed by atoms with van der Waals surface area (Å²) >= 11 is 5.84. The number of nitrogens with one attached hydrogen (secondary N) is 1. The number of nitrogens with zero attached hydrogens (tertiary/aromatic N) is 1. The second kappa shape index (κ2) is 5.42. The molecule has 2 aromatic carbocycles. The molecule has 1 heterocycles. The molecule has 0 aliphatic carbocycles. The first kappa shape index (κ1) is 13.4. The molecule has 0 aliphatic rings. The molecule has 0 amide bonds. The molecule has 0 spiro atoms. The molecule has 0 radical (unpaired) electrons. The van der Waals surface area contributed by atoms with Crippen LogP contribution in [-0.4, -0.2) is 16.1 Å². The Hall–Kier alpha value is -2.59. The Balaban J connectivity index is 1.98. The van der Waals surface area contributed by atoms with E-state index in [4.69, 9.17) is 16.7 Å². The minimum Gasteiger partial charge on any atom is -0.478 e. The number of pyridine rings is 1. The molecule has 104 valence electrons. The summed E-state index contributed by atoms with van der Waals surface area (Å²) in [5.41, 5.74) is 1.74. The number of hydrogen-bond donors (Lipinski definition) is 2. The molecule has 4 nitrogen and oxygen atoms in total. The Morgan fingerprint density at radius 3 is 2.52 bits per heavy atom. The average Bonchev–Trinajstić information content (AvgIpc) is 2.48. The summed E-state index contributed by atoms with van der Waals surface area (Å²) in [5.74, 6) is -0.312. The van der Waals surface area contributed by atoms with Crippen molar-refractivity contribution in [3.05, 3.63) is 65.2 Å². The molecule has 0 atom stereocenters. The van der Waals surface area contributed by atoms with Crippen LogP contribution in [0, 0.1) is 0 Å². The van der Waals surface area contributed by atoms with Gasteiger partial charge in [0, 0.05) is 16.1 Å². The third kappa shape index (κ3) is 2.80. The van der Waals surface area contributed by atoms with Crippen molar-refractivity contribution < 1.29 is 9.90 Å². The largest absolute Gasteiger partial charge is 0.478 e. The third-order valence-corrected chi connectivity index (χ3v) is 3.33. The predicted octanol–water partition coefficient (Wildman–Crippen LogP) is 4.33. The predicted molar refractivity (Wildman–Crippen MR) is 83.4 cm³/mol. The summed E-state index contributed by atoms with van der Waals surface area (Å²) in [4.78, 5) is 15.6. The van der Waals surface area contributed by atoms with Gasteiger partial charge < -0.3 is 10.4 Å². The van der Waals surface area contributed by atoms with Crippen LogP contribution in [0.15, 0.2) is 54.6 Å². The molecule has 0 aliphatic heterocycles. The zero-order valence-corrected chi connectivity index (χ0v) is 11.6. The van der Waals surface area contributed by atoms with Crippen molar-refractivity contribution in [2.24, 2.45) is 0 Å². The number of carbonyl (C=O) groups is 1. The van der Waals surface area contributed by atoms with Crippen LogP contribution in [-0.2, 0) is 0 Å². The van der Waals surface area contributed by atoms with Crippen molar-refractivity contribution in [3.63, 3.8) is 0 Å². The Morgan fingerprint density at radius 1 is 1.05 bits per heavy atom. The lowest BCUT2D eigenvalue weighted by Crippen LogP contribution is -1.99. The Bertz CT molecular complexity index is 816. The van der Waals surface area contributed by atoms with E-state index in [1.165, 1.54) is 0 Å². The van der Waals surface area contributed by atoms with Crippen LogP contribution in [0.3, 0.4) is 0 Å². The number of carboxylic acids is 1. The Morgan fingerprint density at radius 2 is 1.81 bits per heavy atom. The van der Waals surface area contributed by atoms with Crippen LogP contribution in [0.5, 0.6) is 0 Å². The van der Waals surface area contributed by atoms with Gasteiger partial charge in [-0.25, -0.2) is 9.78 Å². The Labute approximate surface area is 126 Å². The number of aromatic nitrogens is 1. The zero-order chi connectivity index (χ0) is 14.8. The summed E-state index contributed by atoms with van der Waals surface area (Å²) in [6, 6.07) is 15.8. The SMILES string of the molecule is O=C(O)c1cccc2nc(Nc3ccc(Cl)cc3)ccc12. The number of halogens is 1. The van der Waals surface area contributed by atoms with Crippen LogP contribution in [0.1, 0.15) is 10.4 Å². The summed E-state index contributed by atoms with van der Waals surface area (Å²) in [6.45, 7) is 0. The van der Waals surface area contributed by atoms with Gasteiger partial charge in [-0.15, -0.1) is 0 Å². The van der Waals surface area contributed by atoms with Crippen LogP contribution in [0.25, 0.3) is 10.9 Å². The topological polar surface area (TPSA) is 62.2 Å². The van der Waals surface area contributed by atoms with Gasteiger partial charge >= 0.3 is 5.97 Å². The van der Waals surface area contributed by atoms with E-state index >= 15 is 0 Å². The lowest BCUT2D eigenvalue weighted by Gasteiger charge is -2.08. The van der Waals surface area contributed by atoms with E-state index in [1.54, 1.807) is 42.5 Å². The molecule has 0 fully saturated rings. The number of rotatable bonds is 3. The summed E-state index contributed by atoms with van der Waals surface area (Å²) in [7, 11) is 0. The molecule has 21 heavy (non-hydrogen) atoms. The first-order valence-corrected chi connectivity index (χ1v) is 6.67. The van der Waals surface area contributed by atoms with E-state index in [2.05, 4.69) is 10.3 Å². The van der Waals surface area contributed by atoms with Crippen molar-refractivity contribution in [2.75, 3.05) is 5.32 Å². The smallest absolute Gasteiger partial charge is 0.336 e. The number of anilines is 2. The summed E-state index contributed by atoms with van der Waals surface area (Å²) in [6.07, 6.45) is 0. The highest BCUT2D eigenvalue weighted by atomic mass is 35.5. The van der Waals surface area contributed by atoms with E-state index in [0.717, 1.165) is 5.69 Å². The van der Waals surface area contributed by atoms with Crippen LogP contribution in [0.2, 0.25) is 5.02 Å². The van der Waals surface area contributed by atoms with Crippen molar-refractivity contribution in [3.8, 4) is 0 Å². The van der Waals surface area contributed by atoms with E-state index < -0.39 is 5.97 Å². The van der Waals surface area contributed by atoms with Crippen molar-refractivity contribution >= 4 is 40.0 Å². The van der Waals surface area contributed by atoms with Gasteiger partial charge in [0.15, 0.2) is 0 Å². The number of carboxylic acid groups (broad SMARTS) is 1. The minimum atomic E-state index is -0.958. The first-order chi connectivity index (χ1) is 10.1. The standard InChI is InChI=1S/C16H11ClN2O2/c17-10-4-6-11(7-5-10)18-15-9-8-12-13(16(20)21)2-1-3-14(12)19-15/h1-9H,(H,18,19)(H,20,21). The second-order valence-electron chi connectivity index (χ2n) is 4.51. The molecule has 0 unspecified atom stereocenters. The molecule has 5 heteroatoms. The van der Waals surface area contributed by atoms with Crippen LogP contribution in [0.4, 0.5) is 11.5 Å². The van der Waals surface area contributed by atoms with Crippen molar-refractivity contribution in [1.82, 2.24) is 4.98 Å². The third-order valence-electron chi connectivity index (χ3n) is 3.08. The van der Waals surface area contributed by atoms with E-state index in [-0.39, 0.29) is 5.56 Å². The average molecular weight is 299 g/mol. The minimum absolute atomic E-state index is 0.248. The molecule has 3 rings (SSSR count). The van der Waals surface area contributed by atoms with Gasteiger partial charge in [-0.3, -0.25) is 0 Å². The van der Waals surface area contributed by atoms with Gasteiger partial charge in [0.1, 0.15) is 5.82 Å². The molecule has 0 saturated carbocycles. The zero-order valence-electron chi connectivity index (χ0n) is 10.9. The fourth-order valence-electron chi connectivity index (χ4n) is 2.09. The van der Waals surface area contributed by atoms with E-state index in [9.17, 15) is 4.79 Å². The monoisotopic (exact) mass is 298 g/mol. The fourth-order valence-corrected chi connectivity index (χ4v) is 2.22. The lowest BCUT2D eigenvalue weighted by molar-refractivity contribution is 0.0699. The van der Waals surface area contributed by atoms with Crippen molar-refractivity contribution in [2.45, 2.75) is 0 Å². The lowest BCUT2D eigenvalue weighted by atomic mass is 10.1. The highest BCUT2D eigenvalue weighted by molar-refractivity contribution is 6.30. The van der Waals surface area contributed by atoms with Crippen molar-refractivity contribution in [1.29, 1.82) is 0 Å². The molecule has 0 bridgehead atoms. The van der Waals surface area contributed by atoms with Gasteiger partial charge in [0.05, 0.1) is 11.1 Å². The van der Waals surface area contributed by atoms with Gasteiger partial charge in [-0.05, 0) is 48.5 Å². The van der Waals surface area contributed by atoms with Crippen LogP contribution < -0.4 is 5.32 Å². The number of fused-ring (bicyclic) bond motifs is 1. The number of benzene rings is 2. The maximum Gasteiger partial charge on any atom is 0.336 e. The second-order valence-corrected chi connectivity index (χ2v) is 4.94. The number of hydrogen-bond acceptors (Lipinski definition) is 3.